The van der Waals surface area contributed by atoms with Crippen molar-refractivity contribution < 1.29 is 8.42 Å². The summed E-state index contributed by atoms with van der Waals surface area (Å²) in [7, 11) is -3.66. The molecule has 0 spiro atoms. The number of anilines is 1. The summed E-state index contributed by atoms with van der Waals surface area (Å²) >= 11 is 1.10. The molecule has 2 aromatic rings. The Balaban J connectivity index is 2.25. The van der Waals surface area contributed by atoms with Crippen molar-refractivity contribution in [3.63, 3.8) is 0 Å². The Labute approximate surface area is 121 Å². The summed E-state index contributed by atoms with van der Waals surface area (Å²) in [6.07, 6.45) is 2.80. The fourth-order valence-electron chi connectivity index (χ4n) is 1.37. The van der Waals surface area contributed by atoms with Gasteiger partial charge in [0.15, 0.2) is 4.21 Å². The Morgan fingerprint density at radius 3 is 2.90 bits per heavy atom. The van der Waals surface area contributed by atoms with E-state index in [4.69, 9.17) is 5.73 Å². The summed E-state index contributed by atoms with van der Waals surface area (Å²) in [6, 6.07) is 3.23. The summed E-state index contributed by atoms with van der Waals surface area (Å²) in [4.78, 5) is 7.89. The van der Waals surface area contributed by atoms with Crippen molar-refractivity contribution in [3.8, 4) is 11.8 Å². The number of hydrogen-bond acceptors (Lipinski definition) is 6. The van der Waals surface area contributed by atoms with E-state index in [0.717, 1.165) is 11.3 Å². The number of thiazole rings is 1. The third kappa shape index (κ3) is 3.54. The van der Waals surface area contributed by atoms with E-state index in [2.05, 4.69) is 26.5 Å². The van der Waals surface area contributed by atoms with Crippen molar-refractivity contribution in [1.82, 2.24) is 9.97 Å². The van der Waals surface area contributed by atoms with Crippen molar-refractivity contribution in [2.45, 2.75) is 11.1 Å². The fraction of sp³-hybridized carbons (Fsp3) is 0.167. The molecule has 0 aliphatic heterocycles. The highest BCUT2D eigenvalue weighted by Crippen LogP contribution is 2.20. The Kier molecular flexibility index (Phi) is 4.34. The van der Waals surface area contributed by atoms with Crippen LogP contribution in [0.4, 0.5) is 5.82 Å². The normalized spacial score (nSPS) is 10.7. The first-order valence-corrected chi connectivity index (χ1v) is 7.91. The van der Waals surface area contributed by atoms with Gasteiger partial charge in [-0.15, -0.1) is 11.3 Å². The van der Waals surface area contributed by atoms with Gasteiger partial charge < -0.3 is 5.73 Å². The molecule has 0 saturated heterocycles. The minimum atomic E-state index is -3.66. The van der Waals surface area contributed by atoms with E-state index in [-0.39, 0.29) is 16.6 Å². The Morgan fingerprint density at radius 2 is 2.25 bits per heavy atom. The maximum Gasteiger partial charge on any atom is 0.274 e. The summed E-state index contributed by atoms with van der Waals surface area (Å²) in [6.45, 7) is 1.98. The molecule has 0 amide bonds. The minimum absolute atomic E-state index is 0.148. The van der Waals surface area contributed by atoms with Crippen molar-refractivity contribution in [3.05, 3.63) is 35.1 Å². The molecule has 0 aliphatic rings. The smallest absolute Gasteiger partial charge is 0.274 e. The van der Waals surface area contributed by atoms with E-state index in [1.165, 1.54) is 12.4 Å². The van der Waals surface area contributed by atoms with Gasteiger partial charge >= 0.3 is 0 Å². The van der Waals surface area contributed by atoms with Gasteiger partial charge in [0.1, 0.15) is 5.82 Å². The molecule has 8 heteroatoms. The second-order valence-electron chi connectivity index (χ2n) is 3.74. The molecule has 6 nitrogen and oxygen atoms in total. The lowest BCUT2D eigenvalue weighted by molar-refractivity contribution is 0.603. The number of pyridine rings is 1. The van der Waals surface area contributed by atoms with E-state index in [1.807, 2.05) is 0 Å². The molecule has 0 fully saturated rings. The molecule has 0 bridgehead atoms. The van der Waals surface area contributed by atoms with E-state index in [0.29, 0.717) is 10.6 Å². The van der Waals surface area contributed by atoms with Crippen LogP contribution in [0.2, 0.25) is 0 Å². The van der Waals surface area contributed by atoms with Gasteiger partial charge in [0.2, 0.25) is 0 Å². The van der Waals surface area contributed by atoms with Gasteiger partial charge in [0, 0.05) is 11.8 Å². The molecular formula is C12H12N4O2S2. The van der Waals surface area contributed by atoms with Crippen LogP contribution in [0.1, 0.15) is 10.6 Å². The number of aryl methyl sites for hydroxylation is 1. The summed E-state index contributed by atoms with van der Waals surface area (Å²) < 4.78 is 26.8. The summed E-state index contributed by atoms with van der Waals surface area (Å²) in [5, 5.41) is 0.681. The Morgan fingerprint density at radius 1 is 1.45 bits per heavy atom. The van der Waals surface area contributed by atoms with Gasteiger partial charge in [-0.3, -0.25) is 4.72 Å². The monoisotopic (exact) mass is 308 g/mol. The van der Waals surface area contributed by atoms with Crippen LogP contribution >= 0.6 is 11.3 Å². The third-order valence-corrected chi connectivity index (χ3v) is 4.93. The second-order valence-corrected chi connectivity index (χ2v) is 6.88. The quantitative estimate of drug-likeness (QED) is 0.823. The maximum atomic E-state index is 12.1. The predicted molar refractivity (Wildman–Crippen MR) is 77.8 cm³/mol. The first-order valence-electron chi connectivity index (χ1n) is 5.61. The van der Waals surface area contributed by atoms with Crippen LogP contribution in [0.25, 0.3) is 0 Å². The molecule has 0 unspecified atom stereocenters. The average molecular weight is 308 g/mol. The topological polar surface area (TPSA) is 98.0 Å². The van der Waals surface area contributed by atoms with E-state index >= 15 is 0 Å². The highest BCUT2D eigenvalue weighted by molar-refractivity contribution is 7.94. The number of sulfonamides is 1. The number of nitrogens with two attached hydrogens (primary N) is 1. The van der Waals surface area contributed by atoms with Gasteiger partial charge in [-0.2, -0.15) is 0 Å². The Hall–Kier alpha value is -1.95. The summed E-state index contributed by atoms with van der Waals surface area (Å²) in [5.41, 5.74) is 5.93. The van der Waals surface area contributed by atoms with Gasteiger partial charge in [0.25, 0.3) is 10.0 Å². The van der Waals surface area contributed by atoms with Crippen LogP contribution < -0.4 is 10.5 Å². The van der Waals surface area contributed by atoms with E-state index in [9.17, 15) is 8.42 Å². The second kappa shape index (κ2) is 6.00. The zero-order valence-corrected chi connectivity index (χ0v) is 12.3. The molecule has 3 N–H and O–H groups in total. The number of rotatable bonds is 3. The standard InChI is InChI=1S/C12H12N4O2S2/c1-9-15-8-12(19-9)20(17,18)16-11-7-10(3-2-5-13)4-6-14-11/h4,6-8H,5,13H2,1H3,(H,14,16). The number of aromatic nitrogens is 2. The molecule has 2 rings (SSSR count). The molecule has 0 aliphatic carbocycles. The van der Waals surface area contributed by atoms with Crippen molar-refractivity contribution >= 4 is 27.2 Å². The highest BCUT2D eigenvalue weighted by atomic mass is 32.2. The van der Waals surface area contributed by atoms with Crippen LogP contribution in [0.15, 0.2) is 28.7 Å². The first-order chi connectivity index (χ1) is 9.51. The average Bonchev–Trinajstić information content (AvgIpc) is 2.84. The van der Waals surface area contributed by atoms with Gasteiger partial charge in [0.05, 0.1) is 17.7 Å². The molecular weight excluding hydrogens is 296 g/mol. The van der Waals surface area contributed by atoms with Crippen LogP contribution in [0.3, 0.4) is 0 Å². The predicted octanol–water partition coefficient (Wildman–Crippen LogP) is 0.958. The molecule has 2 heterocycles. The molecule has 0 radical (unpaired) electrons. The van der Waals surface area contributed by atoms with Crippen LogP contribution in [-0.4, -0.2) is 24.9 Å². The fourth-order valence-corrected chi connectivity index (χ4v) is 3.48. The first kappa shape index (κ1) is 14.5. The van der Waals surface area contributed by atoms with Crippen molar-refractivity contribution in [2.75, 3.05) is 11.3 Å². The molecule has 20 heavy (non-hydrogen) atoms. The summed E-state index contributed by atoms with van der Waals surface area (Å²) in [5.74, 6) is 5.72. The lowest BCUT2D eigenvalue weighted by atomic mass is 10.2. The third-order valence-electron chi connectivity index (χ3n) is 2.20. The van der Waals surface area contributed by atoms with Crippen molar-refractivity contribution in [1.29, 1.82) is 0 Å². The SMILES string of the molecule is Cc1ncc(S(=O)(=O)Nc2cc(C#CCN)ccn2)s1. The van der Waals surface area contributed by atoms with Gasteiger partial charge in [-0.05, 0) is 19.1 Å². The largest absolute Gasteiger partial charge is 0.320 e. The lowest BCUT2D eigenvalue weighted by Gasteiger charge is -2.04. The number of hydrogen-bond donors (Lipinski definition) is 2. The molecule has 2 aromatic heterocycles. The van der Waals surface area contributed by atoms with E-state index in [1.54, 1.807) is 19.1 Å². The molecule has 104 valence electrons. The van der Waals surface area contributed by atoms with E-state index < -0.39 is 10.0 Å². The van der Waals surface area contributed by atoms with Crippen molar-refractivity contribution in [2.24, 2.45) is 5.73 Å². The van der Waals surface area contributed by atoms with Gasteiger partial charge in [-0.1, -0.05) is 11.8 Å². The highest BCUT2D eigenvalue weighted by Gasteiger charge is 2.17. The van der Waals surface area contributed by atoms with Crippen LogP contribution in [0.5, 0.6) is 0 Å². The molecule has 0 aromatic carbocycles. The molecule has 0 saturated carbocycles. The van der Waals surface area contributed by atoms with Gasteiger partial charge in [-0.25, -0.2) is 18.4 Å². The Bertz CT molecular complexity index is 772. The lowest BCUT2D eigenvalue weighted by Crippen LogP contribution is -2.12. The number of nitrogens with one attached hydrogen (secondary N) is 1. The van der Waals surface area contributed by atoms with Crippen LogP contribution in [-0.2, 0) is 10.0 Å². The zero-order chi connectivity index (χ0) is 14.6. The maximum absolute atomic E-state index is 12.1. The zero-order valence-electron chi connectivity index (χ0n) is 10.6. The minimum Gasteiger partial charge on any atom is -0.320 e. The molecule has 0 atom stereocenters. The number of nitrogens with zero attached hydrogens (tertiary/aromatic N) is 2. The van der Waals surface area contributed by atoms with Crippen LogP contribution in [0, 0.1) is 18.8 Å².